The Hall–Kier alpha value is -0.570. The summed E-state index contributed by atoms with van der Waals surface area (Å²) in [4.78, 5) is 12.3. The van der Waals surface area contributed by atoms with Crippen LogP contribution < -0.4 is 0 Å². The maximum atomic E-state index is 12.3. The fourth-order valence-electron chi connectivity index (χ4n) is 3.86. The Morgan fingerprint density at radius 3 is 2.21 bits per heavy atom. The van der Waals surface area contributed by atoms with Crippen LogP contribution in [0.25, 0.3) is 0 Å². The van der Waals surface area contributed by atoms with Gasteiger partial charge in [-0.25, -0.2) is 4.79 Å². The summed E-state index contributed by atoms with van der Waals surface area (Å²) in [7, 11) is 6.12. The fraction of sp³-hybridized carbons (Fsp3) is 0.938. The summed E-state index contributed by atoms with van der Waals surface area (Å²) in [6.07, 6.45) is 3.66. The van der Waals surface area contributed by atoms with Gasteiger partial charge in [0.15, 0.2) is 6.04 Å². The van der Waals surface area contributed by atoms with Crippen LogP contribution in [0.5, 0.6) is 0 Å². The van der Waals surface area contributed by atoms with Gasteiger partial charge in [-0.3, -0.25) is 0 Å². The number of ether oxygens (including phenoxy) is 1. The quantitative estimate of drug-likeness (QED) is 0.581. The summed E-state index contributed by atoms with van der Waals surface area (Å²) in [6.45, 7) is 8.97. The van der Waals surface area contributed by atoms with Crippen molar-refractivity contribution in [3.05, 3.63) is 0 Å². The first-order valence-corrected chi connectivity index (χ1v) is 7.52. The van der Waals surface area contributed by atoms with Crippen LogP contribution in [0.4, 0.5) is 0 Å². The lowest BCUT2D eigenvalue weighted by Gasteiger charge is -2.39. The van der Waals surface area contributed by atoms with Gasteiger partial charge in [0.25, 0.3) is 0 Å². The summed E-state index contributed by atoms with van der Waals surface area (Å²) >= 11 is 0. The fourth-order valence-corrected chi connectivity index (χ4v) is 3.86. The highest BCUT2D eigenvalue weighted by atomic mass is 16.5. The lowest BCUT2D eigenvalue weighted by Crippen LogP contribution is -2.50. The second kappa shape index (κ2) is 4.21. The molecule has 3 nitrogen and oxygen atoms in total. The van der Waals surface area contributed by atoms with Crippen molar-refractivity contribution in [2.75, 3.05) is 21.1 Å². The molecule has 4 atom stereocenters. The van der Waals surface area contributed by atoms with Crippen molar-refractivity contribution >= 4 is 5.97 Å². The monoisotopic (exact) mass is 268 g/mol. The van der Waals surface area contributed by atoms with Crippen molar-refractivity contribution in [1.29, 1.82) is 0 Å². The Morgan fingerprint density at radius 2 is 1.84 bits per heavy atom. The minimum atomic E-state index is -0.106. The molecule has 2 rings (SSSR count). The average molecular weight is 268 g/mol. The van der Waals surface area contributed by atoms with Gasteiger partial charge in [-0.2, -0.15) is 0 Å². The van der Waals surface area contributed by atoms with E-state index in [2.05, 4.69) is 20.8 Å². The van der Waals surface area contributed by atoms with E-state index in [1.807, 2.05) is 28.1 Å². The number of rotatable bonds is 3. The molecule has 110 valence electrons. The third-order valence-corrected chi connectivity index (χ3v) is 6.48. The predicted octanol–water partition coefficient (Wildman–Crippen LogP) is 2.84. The van der Waals surface area contributed by atoms with Crippen molar-refractivity contribution in [3.63, 3.8) is 0 Å². The molecule has 2 bridgehead atoms. The summed E-state index contributed by atoms with van der Waals surface area (Å²) in [5.74, 6) is 0.678. The van der Waals surface area contributed by atoms with E-state index in [0.29, 0.717) is 9.90 Å². The van der Waals surface area contributed by atoms with Crippen LogP contribution in [-0.2, 0) is 9.53 Å². The number of hydrogen-bond acceptors (Lipinski definition) is 2. The highest BCUT2D eigenvalue weighted by molar-refractivity contribution is 5.74. The normalized spacial score (nSPS) is 38.3. The molecule has 2 aliphatic rings. The van der Waals surface area contributed by atoms with Crippen LogP contribution in [0.15, 0.2) is 0 Å². The molecule has 0 saturated heterocycles. The van der Waals surface area contributed by atoms with Gasteiger partial charge in [0, 0.05) is 5.41 Å². The molecule has 0 unspecified atom stereocenters. The molecular weight excluding hydrogens is 238 g/mol. The molecule has 0 N–H and O–H groups in total. The van der Waals surface area contributed by atoms with Crippen LogP contribution >= 0.6 is 0 Å². The van der Waals surface area contributed by atoms with Crippen LogP contribution in [0.1, 0.15) is 47.0 Å². The molecule has 0 aromatic heterocycles. The summed E-state index contributed by atoms with van der Waals surface area (Å²) in [5.41, 5.74) is 0.468. The number of likely N-dealkylation sites (N-methyl/N-ethyl adjacent to an activating group) is 1. The van der Waals surface area contributed by atoms with Crippen molar-refractivity contribution in [2.24, 2.45) is 16.7 Å². The second-order valence-electron chi connectivity index (χ2n) is 8.33. The van der Waals surface area contributed by atoms with Gasteiger partial charge in [-0.15, -0.1) is 0 Å². The molecule has 2 aliphatic carbocycles. The third kappa shape index (κ3) is 2.10. The Labute approximate surface area is 117 Å². The van der Waals surface area contributed by atoms with E-state index in [-0.39, 0.29) is 23.5 Å². The van der Waals surface area contributed by atoms with Crippen LogP contribution in [0.3, 0.4) is 0 Å². The average Bonchev–Trinajstić information content (AvgIpc) is 2.59. The molecule has 19 heavy (non-hydrogen) atoms. The number of nitrogens with zero attached hydrogens (tertiary/aromatic N) is 1. The third-order valence-electron chi connectivity index (χ3n) is 6.48. The van der Waals surface area contributed by atoms with E-state index in [9.17, 15) is 4.79 Å². The number of hydrogen-bond donors (Lipinski definition) is 0. The molecule has 0 aromatic rings. The van der Waals surface area contributed by atoms with Gasteiger partial charge in [0.1, 0.15) is 6.10 Å². The zero-order chi connectivity index (χ0) is 14.6. The molecule has 0 amide bonds. The first-order chi connectivity index (χ1) is 8.50. The van der Waals surface area contributed by atoms with E-state index in [1.165, 1.54) is 12.8 Å². The molecule has 0 heterocycles. The Bertz CT molecular complexity index is 383. The van der Waals surface area contributed by atoms with Gasteiger partial charge >= 0.3 is 5.97 Å². The molecule has 3 heteroatoms. The number of quaternary nitrogens is 1. The number of fused-ring (bicyclic) bond motifs is 2. The zero-order valence-electron chi connectivity index (χ0n) is 13.6. The second-order valence-corrected chi connectivity index (χ2v) is 8.33. The van der Waals surface area contributed by atoms with Gasteiger partial charge in [-0.05, 0) is 37.5 Å². The maximum absolute atomic E-state index is 12.3. The molecule has 0 aliphatic heterocycles. The topological polar surface area (TPSA) is 26.3 Å². The highest BCUT2D eigenvalue weighted by Gasteiger charge is 2.63. The molecule has 0 aromatic carbocycles. The highest BCUT2D eigenvalue weighted by Crippen LogP contribution is 2.66. The molecule has 0 radical (unpaired) electrons. The van der Waals surface area contributed by atoms with Gasteiger partial charge in [0.2, 0.25) is 0 Å². The zero-order valence-corrected chi connectivity index (χ0v) is 13.6. The lowest BCUT2D eigenvalue weighted by atomic mass is 9.70. The Morgan fingerprint density at radius 1 is 1.26 bits per heavy atom. The van der Waals surface area contributed by atoms with Crippen molar-refractivity contribution in [1.82, 2.24) is 0 Å². The smallest absolute Gasteiger partial charge is 0.364 e. The standard InChI is InChI=1S/C16H30NO2/c1-11(17(5,6)7)14(18)19-13-10-12-8-9-16(13,4)15(12,2)3/h11-13H,8-10H2,1-7H3/q+1/t11-,12-,13+,16+/m1/s1. The summed E-state index contributed by atoms with van der Waals surface area (Å²) in [6, 6.07) is -0.106. The molecular formula is C16H30NO2+. The molecule has 2 saturated carbocycles. The van der Waals surface area contributed by atoms with Gasteiger partial charge < -0.3 is 9.22 Å². The van der Waals surface area contributed by atoms with Gasteiger partial charge in [0.05, 0.1) is 21.1 Å². The van der Waals surface area contributed by atoms with E-state index < -0.39 is 0 Å². The Balaban J connectivity index is 2.09. The Kier molecular flexibility index (Phi) is 3.29. The lowest BCUT2D eigenvalue weighted by molar-refractivity contribution is -0.885. The first kappa shape index (κ1) is 14.8. The van der Waals surface area contributed by atoms with Crippen LogP contribution in [-0.4, -0.2) is 43.7 Å². The van der Waals surface area contributed by atoms with Crippen LogP contribution in [0, 0.1) is 16.7 Å². The summed E-state index contributed by atoms with van der Waals surface area (Å²) in [5, 5.41) is 0. The largest absolute Gasteiger partial charge is 0.457 e. The van der Waals surface area contributed by atoms with E-state index in [1.54, 1.807) is 0 Å². The number of esters is 1. The SMILES string of the molecule is C[C@H](C(=O)O[C@H]1C[C@H]2CC[C@]1(C)C2(C)C)[N+](C)(C)C. The van der Waals surface area contributed by atoms with Crippen molar-refractivity contribution < 1.29 is 14.0 Å². The molecule has 0 spiro atoms. The number of carbonyl (C=O) groups is 1. The van der Waals surface area contributed by atoms with Crippen LogP contribution in [0.2, 0.25) is 0 Å². The molecule has 2 fully saturated rings. The van der Waals surface area contributed by atoms with Crippen molar-refractivity contribution in [3.8, 4) is 0 Å². The minimum Gasteiger partial charge on any atom is -0.457 e. The van der Waals surface area contributed by atoms with E-state index in [0.717, 1.165) is 12.3 Å². The minimum absolute atomic E-state index is 0.0397. The number of carbonyl (C=O) groups excluding carboxylic acids is 1. The van der Waals surface area contributed by atoms with E-state index >= 15 is 0 Å². The summed E-state index contributed by atoms with van der Waals surface area (Å²) < 4.78 is 6.54. The van der Waals surface area contributed by atoms with Gasteiger partial charge in [-0.1, -0.05) is 20.8 Å². The maximum Gasteiger partial charge on any atom is 0.364 e. The van der Waals surface area contributed by atoms with E-state index in [4.69, 9.17) is 4.74 Å². The predicted molar refractivity (Wildman–Crippen MR) is 76.6 cm³/mol. The first-order valence-electron chi connectivity index (χ1n) is 7.52. The van der Waals surface area contributed by atoms with Crippen molar-refractivity contribution in [2.45, 2.75) is 59.1 Å².